The van der Waals surface area contributed by atoms with E-state index in [1.54, 1.807) is 25.4 Å². The molecule has 2 N–H and O–H groups in total. The van der Waals surface area contributed by atoms with Crippen LogP contribution in [0.1, 0.15) is 42.6 Å². The molecule has 1 atom stereocenters. The van der Waals surface area contributed by atoms with Crippen LogP contribution in [-0.2, 0) is 16.1 Å². The Hall–Kier alpha value is -2.83. The van der Waals surface area contributed by atoms with Crippen LogP contribution in [0.3, 0.4) is 0 Å². The van der Waals surface area contributed by atoms with E-state index in [0.717, 1.165) is 17.0 Å². The summed E-state index contributed by atoms with van der Waals surface area (Å²) < 4.78 is 0. The number of phenolic OH excluding ortho intramolecular Hbond substituents is 1. The van der Waals surface area contributed by atoms with Crippen LogP contribution >= 0.6 is 0 Å². The van der Waals surface area contributed by atoms with Crippen molar-refractivity contribution in [3.8, 4) is 5.75 Å². The van der Waals surface area contributed by atoms with Gasteiger partial charge in [0, 0.05) is 38.4 Å². The smallest absolute Gasteiger partial charge is 0.226 e. The van der Waals surface area contributed by atoms with E-state index in [-0.39, 0.29) is 29.4 Å². The quantitative estimate of drug-likeness (QED) is 0.847. The van der Waals surface area contributed by atoms with E-state index in [1.807, 2.05) is 21.9 Å². The number of likely N-dealkylation sites (tertiary alicyclic amines) is 1. The Morgan fingerprint density at radius 3 is 2.70 bits per heavy atom. The molecule has 7 nitrogen and oxygen atoms in total. The average molecular weight is 368 g/mol. The summed E-state index contributed by atoms with van der Waals surface area (Å²) in [5, 5.41) is 9.85. The van der Waals surface area contributed by atoms with Gasteiger partial charge in [-0.1, -0.05) is 12.1 Å². The van der Waals surface area contributed by atoms with E-state index in [0.29, 0.717) is 39.0 Å². The Bertz CT molecular complexity index is 854. The lowest BCUT2D eigenvalue weighted by Gasteiger charge is -2.37. The van der Waals surface area contributed by atoms with E-state index in [2.05, 4.69) is 9.97 Å². The monoisotopic (exact) mass is 368 g/mol. The number of fused-ring (bicyclic) bond motifs is 1. The molecule has 1 fully saturated rings. The van der Waals surface area contributed by atoms with Crippen molar-refractivity contribution in [3.05, 3.63) is 47.5 Å². The standard InChI is InChI=1S/C20H24N4O3/c1-13(25)23-7-5-14(6-8-23)20(27)24-10-17(15-3-2-4-16(26)9-15)19-18(11-24)21-12-22-19/h2-4,9,12,14,17,26H,5-8,10-11H2,1H3,(H,21,22). The number of hydrogen-bond donors (Lipinski definition) is 2. The molecule has 1 aromatic heterocycles. The number of rotatable bonds is 2. The van der Waals surface area contributed by atoms with Gasteiger partial charge in [-0.2, -0.15) is 0 Å². The number of aromatic amines is 1. The second kappa shape index (κ2) is 7.06. The lowest BCUT2D eigenvalue weighted by molar-refractivity contribution is -0.141. The molecule has 1 unspecified atom stereocenters. The number of benzene rings is 1. The number of nitrogens with zero attached hydrogens (tertiary/aromatic N) is 3. The van der Waals surface area contributed by atoms with E-state index in [4.69, 9.17) is 0 Å². The molecule has 27 heavy (non-hydrogen) atoms. The maximum Gasteiger partial charge on any atom is 0.226 e. The van der Waals surface area contributed by atoms with Crippen LogP contribution in [0.25, 0.3) is 0 Å². The number of phenols is 1. The normalized spacial score (nSPS) is 20.4. The highest BCUT2D eigenvalue weighted by molar-refractivity contribution is 5.80. The van der Waals surface area contributed by atoms with Gasteiger partial charge >= 0.3 is 0 Å². The second-order valence-electron chi connectivity index (χ2n) is 7.41. The molecule has 1 saturated heterocycles. The van der Waals surface area contributed by atoms with Crippen LogP contribution in [0.4, 0.5) is 0 Å². The summed E-state index contributed by atoms with van der Waals surface area (Å²) in [4.78, 5) is 36.0. The van der Waals surface area contributed by atoms with Gasteiger partial charge < -0.3 is 19.9 Å². The summed E-state index contributed by atoms with van der Waals surface area (Å²) in [6.45, 7) is 3.94. The third-order valence-corrected chi connectivity index (χ3v) is 5.71. The minimum atomic E-state index is -0.0617. The first-order chi connectivity index (χ1) is 13.0. The molecule has 3 heterocycles. The molecule has 2 aromatic rings. The van der Waals surface area contributed by atoms with E-state index < -0.39 is 0 Å². The number of carbonyl (C=O) groups is 2. The highest BCUT2D eigenvalue weighted by Gasteiger charge is 2.35. The van der Waals surface area contributed by atoms with Gasteiger partial charge in [-0.15, -0.1) is 0 Å². The number of amides is 2. The molecular weight excluding hydrogens is 344 g/mol. The molecule has 1 aromatic carbocycles. The van der Waals surface area contributed by atoms with Gasteiger partial charge in [0.05, 0.1) is 24.3 Å². The molecule has 0 saturated carbocycles. The molecule has 2 aliphatic rings. The van der Waals surface area contributed by atoms with E-state index in [9.17, 15) is 14.7 Å². The topological polar surface area (TPSA) is 89.5 Å². The van der Waals surface area contributed by atoms with Crippen LogP contribution in [0, 0.1) is 5.92 Å². The number of aromatic nitrogens is 2. The highest BCUT2D eigenvalue weighted by Crippen LogP contribution is 2.34. The summed E-state index contributed by atoms with van der Waals surface area (Å²) in [5.41, 5.74) is 2.84. The van der Waals surface area contributed by atoms with Gasteiger partial charge in [0.1, 0.15) is 5.75 Å². The molecule has 142 valence electrons. The first-order valence-corrected chi connectivity index (χ1v) is 9.38. The Kier molecular flexibility index (Phi) is 4.59. The molecule has 0 spiro atoms. The number of hydrogen-bond acceptors (Lipinski definition) is 4. The summed E-state index contributed by atoms with van der Waals surface area (Å²) in [7, 11) is 0. The molecule has 0 aliphatic carbocycles. The summed E-state index contributed by atoms with van der Waals surface area (Å²) in [6.07, 6.45) is 3.09. The van der Waals surface area contributed by atoms with Crippen molar-refractivity contribution in [3.63, 3.8) is 0 Å². The molecule has 0 radical (unpaired) electrons. The van der Waals surface area contributed by atoms with Crippen LogP contribution in [0.15, 0.2) is 30.6 Å². The Morgan fingerprint density at radius 1 is 1.22 bits per heavy atom. The van der Waals surface area contributed by atoms with Gasteiger partial charge in [-0.3, -0.25) is 9.59 Å². The van der Waals surface area contributed by atoms with E-state index >= 15 is 0 Å². The van der Waals surface area contributed by atoms with Crippen molar-refractivity contribution in [2.45, 2.75) is 32.2 Å². The van der Waals surface area contributed by atoms with E-state index in [1.165, 1.54) is 0 Å². The Labute approximate surface area is 158 Å². The van der Waals surface area contributed by atoms with Crippen LogP contribution in [-0.4, -0.2) is 56.3 Å². The number of H-pyrrole nitrogens is 1. The Morgan fingerprint density at radius 2 is 2.00 bits per heavy atom. The largest absolute Gasteiger partial charge is 0.508 e. The maximum atomic E-state index is 13.1. The molecule has 4 rings (SSSR count). The fraction of sp³-hybridized carbons (Fsp3) is 0.450. The first kappa shape index (κ1) is 17.6. The number of nitrogens with one attached hydrogen (secondary N) is 1. The summed E-state index contributed by atoms with van der Waals surface area (Å²) in [5.74, 6) is 0.321. The number of aromatic hydroxyl groups is 1. The fourth-order valence-corrected chi connectivity index (χ4v) is 4.19. The van der Waals surface area contributed by atoms with Crippen LogP contribution < -0.4 is 0 Å². The molecule has 2 amide bonds. The fourth-order valence-electron chi connectivity index (χ4n) is 4.19. The van der Waals surface area contributed by atoms with Crippen LogP contribution in [0.5, 0.6) is 5.75 Å². The third kappa shape index (κ3) is 3.41. The molecule has 0 bridgehead atoms. The van der Waals surface area contributed by atoms with Gasteiger partial charge in [0.15, 0.2) is 0 Å². The Balaban J connectivity index is 1.53. The zero-order valence-electron chi connectivity index (χ0n) is 15.4. The maximum absolute atomic E-state index is 13.1. The molecule has 7 heteroatoms. The predicted octanol–water partition coefficient (Wildman–Crippen LogP) is 1.85. The predicted molar refractivity (Wildman–Crippen MR) is 98.9 cm³/mol. The summed E-state index contributed by atoms with van der Waals surface area (Å²) in [6, 6.07) is 7.16. The van der Waals surface area contributed by atoms with Crippen molar-refractivity contribution < 1.29 is 14.7 Å². The highest BCUT2D eigenvalue weighted by atomic mass is 16.3. The van der Waals surface area contributed by atoms with Gasteiger partial charge in [0.25, 0.3) is 0 Å². The first-order valence-electron chi connectivity index (χ1n) is 9.38. The minimum Gasteiger partial charge on any atom is -0.508 e. The lowest BCUT2D eigenvalue weighted by atomic mass is 9.88. The second-order valence-corrected chi connectivity index (χ2v) is 7.41. The lowest BCUT2D eigenvalue weighted by Crippen LogP contribution is -2.46. The van der Waals surface area contributed by atoms with Crippen molar-refractivity contribution >= 4 is 11.8 Å². The zero-order chi connectivity index (χ0) is 19.0. The van der Waals surface area contributed by atoms with Crippen molar-refractivity contribution in [1.82, 2.24) is 19.8 Å². The molecular formula is C20H24N4O3. The SMILES string of the molecule is CC(=O)N1CCC(C(=O)N2Cc3[nH]cnc3C(c3cccc(O)c3)C2)CC1. The zero-order valence-corrected chi connectivity index (χ0v) is 15.4. The van der Waals surface area contributed by atoms with Crippen molar-refractivity contribution in [1.29, 1.82) is 0 Å². The van der Waals surface area contributed by atoms with Gasteiger partial charge in [-0.05, 0) is 30.5 Å². The van der Waals surface area contributed by atoms with Gasteiger partial charge in [-0.25, -0.2) is 4.98 Å². The minimum absolute atomic E-state index is 0.0464. The number of imidazole rings is 1. The average Bonchev–Trinajstić information content (AvgIpc) is 3.15. The number of piperidine rings is 1. The van der Waals surface area contributed by atoms with Crippen LogP contribution in [0.2, 0.25) is 0 Å². The number of carbonyl (C=O) groups excluding carboxylic acids is 2. The van der Waals surface area contributed by atoms with Gasteiger partial charge in [0.2, 0.25) is 11.8 Å². The van der Waals surface area contributed by atoms with Crippen molar-refractivity contribution in [2.24, 2.45) is 5.92 Å². The third-order valence-electron chi connectivity index (χ3n) is 5.71. The molecule has 2 aliphatic heterocycles. The van der Waals surface area contributed by atoms with Crippen molar-refractivity contribution in [2.75, 3.05) is 19.6 Å². The summed E-state index contributed by atoms with van der Waals surface area (Å²) >= 11 is 0.